The summed E-state index contributed by atoms with van der Waals surface area (Å²) in [5.74, 6) is 0.501. The van der Waals surface area contributed by atoms with Crippen LogP contribution in [0.2, 0.25) is 10.0 Å². The standard InChI is InChI=1S/C17H14Cl2N4O2/c1-2-11-8-15(23-22-11)16(24)21-12-3-5-13(6-4-12)25-17-14(19)7-10(18)9-20-17/h3-9H,2H2,1H3,(H,21,24)(H,22,23). The van der Waals surface area contributed by atoms with Gasteiger partial charge in [-0.25, -0.2) is 4.98 Å². The molecule has 0 radical (unpaired) electrons. The van der Waals surface area contributed by atoms with Crippen LogP contribution in [0.25, 0.3) is 0 Å². The summed E-state index contributed by atoms with van der Waals surface area (Å²) in [5, 5.41) is 10.3. The Morgan fingerprint density at radius 2 is 2.00 bits per heavy atom. The molecule has 0 bridgehead atoms. The molecule has 2 N–H and O–H groups in total. The first-order chi connectivity index (χ1) is 12.0. The quantitative estimate of drug-likeness (QED) is 0.674. The number of aromatic amines is 1. The molecule has 3 rings (SSSR count). The summed E-state index contributed by atoms with van der Waals surface area (Å²) in [6.45, 7) is 1.98. The number of nitrogens with one attached hydrogen (secondary N) is 2. The number of halogens is 2. The van der Waals surface area contributed by atoms with Gasteiger partial charge in [0.2, 0.25) is 5.88 Å². The molecule has 128 valence electrons. The van der Waals surface area contributed by atoms with Crippen molar-refractivity contribution in [1.82, 2.24) is 15.2 Å². The highest BCUT2D eigenvalue weighted by molar-refractivity contribution is 6.35. The number of ether oxygens (including phenoxy) is 1. The van der Waals surface area contributed by atoms with Gasteiger partial charge >= 0.3 is 0 Å². The summed E-state index contributed by atoms with van der Waals surface area (Å²) in [6, 6.07) is 10.1. The van der Waals surface area contributed by atoms with Crippen molar-refractivity contribution < 1.29 is 9.53 Å². The van der Waals surface area contributed by atoms with Crippen LogP contribution in [0.3, 0.4) is 0 Å². The number of aryl methyl sites for hydroxylation is 1. The summed E-state index contributed by atoms with van der Waals surface area (Å²) in [7, 11) is 0. The van der Waals surface area contributed by atoms with Crippen molar-refractivity contribution in [2.24, 2.45) is 0 Å². The van der Waals surface area contributed by atoms with Crippen LogP contribution in [0.1, 0.15) is 23.1 Å². The maximum Gasteiger partial charge on any atom is 0.276 e. The van der Waals surface area contributed by atoms with E-state index >= 15 is 0 Å². The van der Waals surface area contributed by atoms with E-state index in [0.29, 0.717) is 27.2 Å². The third kappa shape index (κ3) is 4.29. The number of hydrogen-bond donors (Lipinski definition) is 2. The number of benzene rings is 1. The van der Waals surface area contributed by atoms with Gasteiger partial charge < -0.3 is 10.1 Å². The molecule has 0 saturated carbocycles. The zero-order chi connectivity index (χ0) is 17.8. The Kier molecular flexibility index (Phi) is 5.21. The van der Waals surface area contributed by atoms with E-state index in [0.717, 1.165) is 12.1 Å². The maximum absolute atomic E-state index is 12.1. The fourth-order valence-corrected chi connectivity index (χ4v) is 2.47. The Morgan fingerprint density at radius 1 is 1.24 bits per heavy atom. The van der Waals surface area contributed by atoms with E-state index in [-0.39, 0.29) is 11.8 Å². The molecular formula is C17H14Cl2N4O2. The largest absolute Gasteiger partial charge is 0.438 e. The van der Waals surface area contributed by atoms with Gasteiger partial charge in [0, 0.05) is 17.6 Å². The second kappa shape index (κ2) is 7.55. The summed E-state index contributed by atoms with van der Waals surface area (Å²) >= 11 is 11.8. The fourth-order valence-electron chi connectivity index (χ4n) is 2.05. The Morgan fingerprint density at radius 3 is 2.64 bits per heavy atom. The average Bonchev–Trinajstić information content (AvgIpc) is 3.08. The predicted molar refractivity (Wildman–Crippen MR) is 96.7 cm³/mol. The molecule has 8 heteroatoms. The SMILES string of the molecule is CCc1cc(C(=O)Nc2ccc(Oc3ncc(Cl)cc3Cl)cc2)n[nH]1. The Labute approximate surface area is 154 Å². The van der Waals surface area contributed by atoms with Crippen LogP contribution in [0.15, 0.2) is 42.6 Å². The van der Waals surface area contributed by atoms with E-state index in [2.05, 4.69) is 20.5 Å². The van der Waals surface area contributed by atoms with Gasteiger partial charge in [-0.05, 0) is 42.8 Å². The number of pyridine rings is 1. The van der Waals surface area contributed by atoms with Crippen molar-refractivity contribution in [2.75, 3.05) is 5.32 Å². The Bertz CT molecular complexity index is 894. The lowest BCUT2D eigenvalue weighted by Crippen LogP contribution is -2.12. The lowest BCUT2D eigenvalue weighted by molar-refractivity contribution is 0.102. The molecule has 3 aromatic rings. The number of amides is 1. The highest BCUT2D eigenvalue weighted by Gasteiger charge is 2.11. The lowest BCUT2D eigenvalue weighted by Gasteiger charge is -2.08. The van der Waals surface area contributed by atoms with Gasteiger partial charge in [0.25, 0.3) is 5.91 Å². The van der Waals surface area contributed by atoms with Crippen molar-refractivity contribution in [1.29, 1.82) is 0 Å². The van der Waals surface area contributed by atoms with Crippen LogP contribution >= 0.6 is 23.2 Å². The van der Waals surface area contributed by atoms with E-state index in [1.807, 2.05) is 6.92 Å². The molecule has 2 heterocycles. The zero-order valence-electron chi connectivity index (χ0n) is 13.2. The van der Waals surface area contributed by atoms with E-state index in [9.17, 15) is 4.79 Å². The van der Waals surface area contributed by atoms with E-state index < -0.39 is 0 Å². The number of rotatable bonds is 5. The highest BCUT2D eigenvalue weighted by atomic mass is 35.5. The molecular weight excluding hydrogens is 363 g/mol. The number of nitrogens with zero attached hydrogens (tertiary/aromatic N) is 2. The molecule has 2 aromatic heterocycles. The fraction of sp³-hybridized carbons (Fsp3) is 0.118. The van der Waals surface area contributed by atoms with E-state index in [1.54, 1.807) is 36.4 Å². The molecule has 25 heavy (non-hydrogen) atoms. The van der Waals surface area contributed by atoms with Gasteiger partial charge in [0.05, 0.1) is 5.02 Å². The third-order valence-corrected chi connectivity index (χ3v) is 3.82. The molecule has 1 aromatic carbocycles. The van der Waals surface area contributed by atoms with Crippen LogP contribution < -0.4 is 10.1 Å². The van der Waals surface area contributed by atoms with Crippen LogP contribution in [-0.4, -0.2) is 21.1 Å². The molecule has 6 nitrogen and oxygen atoms in total. The first-order valence-electron chi connectivity index (χ1n) is 7.49. The van der Waals surface area contributed by atoms with Gasteiger partial charge in [-0.3, -0.25) is 9.89 Å². The number of hydrogen-bond acceptors (Lipinski definition) is 4. The molecule has 0 saturated heterocycles. The van der Waals surface area contributed by atoms with Gasteiger partial charge in [-0.1, -0.05) is 30.1 Å². The Hall–Kier alpha value is -2.57. The smallest absolute Gasteiger partial charge is 0.276 e. The summed E-state index contributed by atoms with van der Waals surface area (Å²) in [5.41, 5.74) is 1.86. The van der Waals surface area contributed by atoms with Crippen molar-refractivity contribution in [2.45, 2.75) is 13.3 Å². The first kappa shape index (κ1) is 17.3. The molecule has 0 aliphatic carbocycles. The van der Waals surface area contributed by atoms with Gasteiger partial charge in [-0.15, -0.1) is 0 Å². The minimum Gasteiger partial charge on any atom is -0.438 e. The molecule has 0 unspecified atom stereocenters. The molecule has 0 aliphatic rings. The van der Waals surface area contributed by atoms with Crippen molar-refractivity contribution in [3.05, 3.63) is 64.0 Å². The summed E-state index contributed by atoms with van der Waals surface area (Å²) in [6.07, 6.45) is 2.24. The predicted octanol–water partition coefficient (Wildman–Crippen LogP) is 4.72. The number of anilines is 1. The second-order valence-electron chi connectivity index (χ2n) is 5.15. The van der Waals surface area contributed by atoms with Crippen molar-refractivity contribution in [3.8, 4) is 11.6 Å². The second-order valence-corrected chi connectivity index (χ2v) is 6.00. The van der Waals surface area contributed by atoms with Crippen molar-refractivity contribution >= 4 is 34.8 Å². The molecule has 0 aliphatic heterocycles. The van der Waals surface area contributed by atoms with Gasteiger partial charge in [-0.2, -0.15) is 5.10 Å². The monoisotopic (exact) mass is 376 g/mol. The molecule has 1 amide bonds. The molecule has 0 fully saturated rings. The van der Waals surface area contributed by atoms with Gasteiger partial charge in [0.1, 0.15) is 10.8 Å². The number of carbonyl (C=O) groups is 1. The maximum atomic E-state index is 12.1. The number of carbonyl (C=O) groups excluding carboxylic acids is 1. The number of aromatic nitrogens is 3. The average molecular weight is 377 g/mol. The zero-order valence-corrected chi connectivity index (χ0v) is 14.7. The third-order valence-electron chi connectivity index (χ3n) is 3.35. The minimum atomic E-state index is -0.285. The molecule has 0 atom stereocenters. The summed E-state index contributed by atoms with van der Waals surface area (Å²) < 4.78 is 5.59. The minimum absolute atomic E-state index is 0.256. The van der Waals surface area contributed by atoms with Crippen LogP contribution in [0.4, 0.5) is 5.69 Å². The number of H-pyrrole nitrogens is 1. The normalized spacial score (nSPS) is 10.5. The Balaban J connectivity index is 1.66. The van der Waals surface area contributed by atoms with E-state index in [4.69, 9.17) is 27.9 Å². The van der Waals surface area contributed by atoms with Crippen LogP contribution in [0.5, 0.6) is 11.6 Å². The summed E-state index contributed by atoms with van der Waals surface area (Å²) in [4.78, 5) is 16.2. The topological polar surface area (TPSA) is 79.9 Å². The van der Waals surface area contributed by atoms with Crippen LogP contribution in [-0.2, 0) is 6.42 Å². The lowest BCUT2D eigenvalue weighted by atomic mass is 10.2. The first-order valence-corrected chi connectivity index (χ1v) is 8.25. The van der Waals surface area contributed by atoms with Crippen molar-refractivity contribution in [3.63, 3.8) is 0 Å². The van der Waals surface area contributed by atoms with Crippen LogP contribution in [0, 0.1) is 0 Å². The van der Waals surface area contributed by atoms with E-state index in [1.165, 1.54) is 6.20 Å². The highest BCUT2D eigenvalue weighted by Crippen LogP contribution is 2.29. The van der Waals surface area contributed by atoms with Gasteiger partial charge in [0.15, 0.2) is 5.69 Å². The molecule has 0 spiro atoms.